The van der Waals surface area contributed by atoms with Crippen LogP contribution in [-0.4, -0.2) is 10.9 Å². The highest BCUT2D eigenvalue weighted by Gasteiger charge is 2.22. The Morgan fingerprint density at radius 3 is 2.24 bits per heavy atom. The molecule has 1 heterocycles. The normalized spacial score (nSPS) is 11.0. The zero-order valence-electron chi connectivity index (χ0n) is 17.2. The lowest BCUT2D eigenvalue weighted by atomic mass is 10.1. The van der Waals surface area contributed by atoms with E-state index in [0.29, 0.717) is 12.1 Å². The van der Waals surface area contributed by atoms with E-state index in [-0.39, 0.29) is 5.91 Å². The number of benzene rings is 3. The molecule has 0 bridgehead atoms. The average Bonchev–Trinajstić information content (AvgIpc) is 3.09. The number of rotatable bonds is 4. The van der Waals surface area contributed by atoms with Crippen LogP contribution < -0.4 is 4.90 Å². The molecule has 0 saturated heterocycles. The van der Waals surface area contributed by atoms with Crippen LogP contribution in [-0.2, 0) is 6.54 Å². The minimum absolute atomic E-state index is 0.0194. The third-order valence-electron chi connectivity index (χ3n) is 4.94. The van der Waals surface area contributed by atoms with Gasteiger partial charge in [0.1, 0.15) is 0 Å². The van der Waals surface area contributed by atoms with E-state index in [1.807, 2.05) is 61.2 Å². The Bertz CT molecular complexity index is 1170. The second-order valence-corrected chi connectivity index (χ2v) is 8.66. The first-order chi connectivity index (χ1) is 13.9. The Morgan fingerprint density at radius 1 is 0.897 bits per heavy atom. The molecule has 4 aromatic rings. The average molecular weight is 401 g/mol. The van der Waals surface area contributed by atoms with Crippen molar-refractivity contribution in [3.63, 3.8) is 0 Å². The molecule has 0 fully saturated rings. The van der Waals surface area contributed by atoms with E-state index in [9.17, 15) is 4.79 Å². The van der Waals surface area contributed by atoms with Crippen LogP contribution >= 0.6 is 11.3 Å². The Kier molecular flexibility index (Phi) is 5.20. The molecular weight excluding hydrogens is 376 g/mol. The molecule has 0 aliphatic rings. The van der Waals surface area contributed by atoms with Gasteiger partial charge in [-0.2, -0.15) is 0 Å². The highest BCUT2D eigenvalue weighted by molar-refractivity contribution is 7.22. The lowest BCUT2D eigenvalue weighted by Gasteiger charge is -2.20. The van der Waals surface area contributed by atoms with Gasteiger partial charge in [0.2, 0.25) is 0 Å². The summed E-state index contributed by atoms with van der Waals surface area (Å²) in [7, 11) is 0. The molecule has 146 valence electrons. The van der Waals surface area contributed by atoms with Crippen LogP contribution in [0.15, 0.2) is 60.7 Å². The second-order valence-electron chi connectivity index (χ2n) is 7.68. The smallest absolute Gasteiger partial charge is 0.260 e. The molecule has 0 radical (unpaired) electrons. The maximum Gasteiger partial charge on any atom is 0.260 e. The van der Waals surface area contributed by atoms with E-state index >= 15 is 0 Å². The third kappa shape index (κ3) is 4.08. The van der Waals surface area contributed by atoms with Crippen molar-refractivity contribution in [1.82, 2.24) is 4.98 Å². The van der Waals surface area contributed by atoms with Gasteiger partial charge in [0.25, 0.3) is 5.91 Å². The number of amides is 1. The molecule has 1 aromatic heterocycles. The summed E-state index contributed by atoms with van der Waals surface area (Å²) < 4.78 is 1.14. The molecule has 4 heteroatoms. The maximum absolute atomic E-state index is 13.6. The van der Waals surface area contributed by atoms with Crippen LogP contribution in [0.3, 0.4) is 0 Å². The highest BCUT2D eigenvalue weighted by atomic mass is 32.1. The fourth-order valence-corrected chi connectivity index (χ4v) is 4.74. The fourth-order valence-electron chi connectivity index (χ4n) is 3.73. The van der Waals surface area contributed by atoms with E-state index in [4.69, 9.17) is 4.98 Å². The van der Waals surface area contributed by atoms with Crippen molar-refractivity contribution < 1.29 is 4.79 Å². The SMILES string of the molecule is Cc1cc(C)cc(C(=O)N(Cc2ccccc2)c2nc3cc(C)cc(C)c3s2)c1. The molecule has 0 atom stereocenters. The number of hydrogen-bond donors (Lipinski definition) is 0. The Hall–Kier alpha value is -2.98. The van der Waals surface area contributed by atoms with E-state index in [0.717, 1.165) is 32.0 Å². The number of aryl methyl sites for hydroxylation is 4. The van der Waals surface area contributed by atoms with Crippen molar-refractivity contribution in [1.29, 1.82) is 0 Å². The van der Waals surface area contributed by atoms with Gasteiger partial charge in [-0.1, -0.05) is 64.9 Å². The summed E-state index contributed by atoms with van der Waals surface area (Å²) in [5.74, 6) is -0.0194. The molecular formula is C25H24N2OS. The van der Waals surface area contributed by atoms with Crippen molar-refractivity contribution in [2.75, 3.05) is 4.90 Å². The van der Waals surface area contributed by atoms with Crippen molar-refractivity contribution in [2.24, 2.45) is 0 Å². The molecule has 29 heavy (non-hydrogen) atoms. The van der Waals surface area contributed by atoms with Gasteiger partial charge >= 0.3 is 0 Å². The lowest BCUT2D eigenvalue weighted by Crippen LogP contribution is -2.30. The quantitative estimate of drug-likeness (QED) is 0.398. The van der Waals surface area contributed by atoms with Crippen molar-refractivity contribution in [2.45, 2.75) is 34.2 Å². The summed E-state index contributed by atoms with van der Waals surface area (Å²) in [6.07, 6.45) is 0. The first kappa shape index (κ1) is 19.3. The summed E-state index contributed by atoms with van der Waals surface area (Å²) in [6, 6.07) is 20.3. The summed E-state index contributed by atoms with van der Waals surface area (Å²) in [5.41, 5.74) is 7.29. The van der Waals surface area contributed by atoms with Gasteiger partial charge in [-0.15, -0.1) is 0 Å². The topological polar surface area (TPSA) is 33.2 Å². The van der Waals surface area contributed by atoms with Gasteiger partial charge in [-0.05, 0) is 62.6 Å². The van der Waals surface area contributed by atoms with Crippen LogP contribution in [0, 0.1) is 27.7 Å². The van der Waals surface area contributed by atoms with Crippen LogP contribution in [0.4, 0.5) is 5.13 Å². The summed E-state index contributed by atoms with van der Waals surface area (Å²) >= 11 is 1.59. The molecule has 3 nitrogen and oxygen atoms in total. The number of carbonyl (C=O) groups is 1. The van der Waals surface area contributed by atoms with E-state index in [2.05, 4.69) is 32.0 Å². The third-order valence-corrected chi connectivity index (χ3v) is 6.17. The first-order valence-electron chi connectivity index (χ1n) is 9.72. The van der Waals surface area contributed by atoms with Crippen LogP contribution in [0.25, 0.3) is 10.2 Å². The summed E-state index contributed by atoms with van der Waals surface area (Å²) in [6.45, 7) is 8.72. The van der Waals surface area contributed by atoms with E-state index in [1.165, 1.54) is 11.1 Å². The summed E-state index contributed by atoms with van der Waals surface area (Å²) in [4.78, 5) is 20.2. The predicted octanol–water partition coefficient (Wildman–Crippen LogP) is 6.38. The molecule has 4 rings (SSSR count). The lowest BCUT2D eigenvalue weighted by molar-refractivity contribution is 0.0985. The Balaban J connectivity index is 1.82. The van der Waals surface area contributed by atoms with Crippen molar-refractivity contribution in [3.05, 3.63) is 94.0 Å². The van der Waals surface area contributed by atoms with Crippen LogP contribution in [0.5, 0.6) is 0 Å². The van der Waals surface area contributed by atoms with Gasteiger partial charge in [-0.3, -0.25) is 9.69 Å². The largest absolute Gasteiger partial charge is 0.279 e. The molecule has 0 saturated carbocycles. The zero-order valence-corrected chi connectivity index (χ0v) is 18.0. The molecule has 1 amide bonds. The van der Waals surface area contributed by atoms with Crippen molar-refractivity contribution >= 4 is 32.6 Å². The van der Waals surface area contributed by atoms with Gasteiger partial charge in [0.05, 0.1) is 16.8 Å². The van der Waals surface area contributed by atoms with Crippen LogP contribution in [0.2, 0.25) is 0 Å². The molecule has 0 aliphatic carbocycles. The number of hydrogen-bond acceptors (Lipinski definition) is 3. The minimum atomic E-state index is -0.0194. The predicted molar refractivity (Wildman–Crippen MR) is 122 cm³/mol. The maximum atomic E-state index is 13.6. The van der Waals surface area contributed by atoms with Gasteiger partial charge in [0.15, 0.2) is 5.13 Å². The van der Waals surface area contributed by atoms with Gasteiger partial charge in [-0.25, -0.2) is 4.98 Å². The number of anilines is 1. The number of thiazole rings is 1. The van der Waals surface area contributed by atoms with E-state index in [1.54, 1.807) is 11.3 Å². The second kappa shape index (κ2) is 7.80. The molecule has 0 aliphatic heterocycles. The van der Waals surface area contributed by atoms with Gasteiger partial charge < -0.3 is 0 Å². The number of aromatic nitrogens is 1. The van der Waals surface area contributed by atoms with E-state index < -0.39 is 0 Å². The minimum Gasteiger partial charge on any atom is -0.279 e. The molecule has 0 unspecified atom stereocenters. The fraction of sp³-hybridized carbons (Fsp3) is 0.200. The molecule has 0 N–H and O–H groups in total. The number of carbonyl (C=O) groups excluding carboxylic acids is 1. The Labute approximate surface area is 175 Å². The standard InChI is InChI=1S/C25H24N2OS/c1-16-10-17(2)13-21(12-16)24(28)27(15-20-8-6-5-7-9-20)25-26-22-14-18(3)11-19(4)23(22)29-25/h5-14H,15H2,1-4H3. The van der Waals surface area contributed by atoms with Crippen molar-refractivity contribution in [3.8, 4) is 0 Å². The number of fused-ring (bicyclic) bond motifs is 1. The summed E-state index contributed by atoms with van der Waals surface area (Å²) in [5, 5.41) is 0.738. The first-order valence-corrected chi connectivity index (χ1v) is 10.5. The molecule has 0 spiro atoms. The monoisotopic (exact) mass is 400 g/mol. The van der Waals surface area contributed by atoms with Crippen LogP contribution in [0.1, 0.15) is 38.2 Å². The molecule has 3 aromatic carbocycles. The number of nitrogens with zero attached hydrogens (tertiary/aromatic N) is 2. The van der Waals surface area contributed by atoms with Gasteiger partial charge in [0, 0.05) is 5.56 Å². The zero-order chi connectivity index (χ0) is 20.5. The highest BCUT2D eigenvalue weighted by Crippen LogP contribution is 2.33. The Morgan fingerprint density at radius 2 is 1.55 bits per heavy atom.